The van der Waals surface area contributed by atoms with E-state index in [1.54, 1.807) is 7.11 Å². The molecule has 26 heavy (non-hydrogen) atoms. The Morgan fingerprint density at radius 3 is 2.19 bits per heavy atom. The van der Waals surface area contributed by atoms with Crippen LogP contribution in [0, 0.1) is 5.82 Å². The summed E-state index contributed by atoms with van der Waals surface area (Å²) in [6, 6.07) is 13.2. The van der Waals surface area contributed by atoms with Gasteiger partial charge in [0.15, 0.2) is 0 Å². The largest absolute Gasteiger partial charge is 0.497 e. The van der Waals surface area contributed by atoms with Gasteiger partial charge in [0.25, 0.3) is 5.91 Å². The van der Waals surface area contributed by atoms with Gasteiger partial charge in [0, 0.05) is 38.3 Å². The van der Waals surface area contributed by atoms with Crippen LogP contribution in [0.2, 0.25) is 0 Å². The van der Waals surface area contributed by atoms with Crippen molar-refractivity contribution in [1.29, 1.82) is 0 Å². The predicted octanol–water partition coefficient (Wildman–Crippen LogP) is 2.67. The van der Waals surface area contributed by atoms with Crippen LogP contribution in [0.3, 0.4) is 0 Å². The molecule has 0 bridgehead atoms. The van der Waals surface area contributed by atoms with Crippen LogP contribution in [-0.4, -0.2) is 62.1 Å². The van der Waals surface area contributed by atoms with Crippen LogP contribution < -0.4 is 9.47 Å². The fraction of sp³-hybridized carbons (Fsp3) is 0.350. The van der Waals surface area contributed by atoms with Gasteiger partial charge in [0.1, 0.15) is 23.9 Å². The Hall–Kier alpha value is -2.60. The van der Waals surface area contributed by atoms with Crippen LogP contribution in [0.25, 0.3) is 0 Å². The Balaban J connectivity index is 1.40. The Morgan fingerprint density at radius 1 is 0.962 bits per heavy atom. The van der Waals surface area contributed by atoms with Gasteiger partial charge in [-0.2, -0.15) is 0 Å². The van der Waals surface area contributed by atoms with Gasteiger partial charge < -0.3 is 14.4 Å². The standard InChI is InChI=1S/C20H23FN2O3/c1-25-18-6-8-19(9-7-18)26-15-14-22-10-12-23(13-11-22)20(24)16-2-4-17(21)5-3-16/h2-9H,10-15H2,1H3. The number of nitrogens with zero attached hydrogens (tertiary/aromatic N) is 2. The Bertz CT molecular complexity index is 711. The predicted molar refractivity (Wildman–Crippen MR) is 97.2 cm³/mol. The minimum Gasteiger partial charge on any atom is -0.497 e. The summed E-state index contributed by atoms with van der Waals surface area (Å²) >= 11 is 0. The first-order valence-electron chi connectivity index (χ1n) is 8.70. The molecule has 1 aliphatic rings. The monoisotopic (exact) mass is 358 g/mol. The average Bonchev–Trinajstić information content (AvgIpc) is 2.69. The molecule has 1 amide bonds. The highest BCUT2D eigenvalue weighted by Crippen LogP contribution is 2.17. The van der Waals surface area contributed by atoms with Gasteiger partial charge in [-0.25, -0.2) is 4.39 Å². The zero-order valence-corrected chi connectivity index (χ0v) is 14.9. The molecular formula is C20H23FN2O3. The highest BCUT2D eigenvalue weighted by Gasteiger charge is 2.21. The van der Waals surface area contributed by atoms with Crippen LogP contribution in [0.4, 0.5) is 4.39 Å². The van der Waals surface area contributed by atoms with E-state index in [9.17, 15) is 9.18 Å². The lowest BCUT2D eigenvalue weighted by Crippen LogP contribution is -2.49. The van der Waals surface area contributed by atoms with E-state index in [0.717, 1.165) is 31.1 Å². The van der Waals surface area contributed by atoms with Gasteiger partial charge in [-0.1, -0.05) is 0 Å². The van der Waals surface area contributed by atoms with Crippen molar-refractivity contribution in [3.05, 3.63) is 59.9 Å². The molecule has 0 spiro atoms. The molecule has 1 aliphatic heterocycles. The van der Waals surface area contributed by atoms with Gasteiger partial charge in [0.2, 0.25) is 0 Å². The third-order valence-electron chi connectivity index (χ3n) is 4.49. The Kier molecular flexibility index (Phi) is 6.07. The molecule has 1 heterocycles. The van der Waals surface area contributed by atoms with Crippen LogP contribution in [0.5, 0.6) is 11.5 Å². The number of benzene rings is 2. The number of hydrogen-bond donors (Lipinski definition) is 0. The number of piperazine rings is 1. The molecule has 1 saturated heterocycles. The Morgan fingerprint density at radius 2 is 1.58 bits per heavy atom. The van der Waals surface area contributed by atoms with E-state index in [-0.39, 0.29) is 11.7 Å². The van der Waals surface area contributed by atoms with Crippen molar-refractivity contribution in [3.63, 3.8) is 0 Å². The summed E-state index contributed by atoms with van der Waals surface area (Å²) in [6.07, 6.45) is 0. The minimum atomic E-state index is -0.330. The van der Waals surface area contributed by atoms with E-state index in [0.29, 0.717) is 25.3 Å². The molecule has 3 rings (SSSR count). The molecule has 0 aromatic heterocycles. The van der Waals surface area contributed by atoms with Gasteiger partial charge in [-0.3, -0.25) is 9.69 Å². The first-order chi connectivity index (χ1) is 12.7. The summed E-state index contributed by atoms with van der Waals surface area (Å²) < 4.78 is 23.8. The molecule has 0 atom stereocenters. The first-order valence-corrected chi connectivity index (χ1v) is 8.70. The molecule has 1 fully saturated rings. The fourth-order valence-electron chi connectivity index (χ4n) is 2.91. The summed E-state index contributed by atoms with van der Waals surface area (Å²) in [5.74, 6) is 1.25. The summed E-state index contributed by atoms with van der Waals surface area (Å²) in [4.78, 5) is 16.5. The van der Waals surface area contributed by atoms with Crippen LogP contribution in [-0.2, 0) is 0 Å². The summed E-state index contributed by atoms with van der Waals surface area (Å²) in [5.41, 5.74) is 0.530. The second-order valence-electron chi connectivity index (χ2n) is 6.16. The molecule has 6 heteroatoms. The lowest BCUT2D eigenvalue weighted by Gasteiger charge is -2.34. The highest BCUT2D eigenvalue weighted by atomic mass is 19.1. The SMILES string of the molecule is COc1ccc(OCCN2CCN(C(=O)c3ccc(F)cc3)CC2)cc1. The van der Waals surface area contributed by atoms with Gasteiger partial charge in [0.05, 0.1) is 7.11 Å². The number of carbonyl (C=O) groups is 1. The van der Waals surface area contributed by atoms with Crippen molar-refractivity contribution in [2.75, 3.05) is 46.4 Å². The van der Waals surface area contributed by atoms with E-state index in [2.05, 4.69) is 4.90 Å². The van der Waals surface area contributed by atoms with E-state index < -0.39 is 0 Å². The van der Waals surface area contributed by atoms with Crippen molar-refractivity contribution in [1.82, 2.24) is 9.80 Å². The van der Waals surface area contributed by atoms with E-state index >= 15 is 0 Å². The van der Waals surface area contributed by atoms with E-state index in [4.69, 9.17) is 9.47 Å². The smallest absolute Gasteiger partial charge is 0.253 e. The molecule has 0 unspecified atom stereocenters. The number of halogens is 1. The molecule has 5 nitrogen and oxygen atoms in total. The molecule has 0 N–H and O–H groups in total. The van der Waals surface area contributed by atoms with Crippen molar-refractivity contribution in [2.45, 2.75) is 0 Å². The summed E-state index contributed by atoms with van der Waals surface area (Å²) in [6.45, 7) is 4.35. The summed E-state index contributed by atoms with van der Waals surface area (Å²) in [5, 5.41) is 0. The highest BCUT2D eigenvalue weighted by molar-refractivity contribution is 5.94. The topological polar surface area (TPSA) is 42.0 Å². The van der Waals surface area contributed by atoms with E-state index in [1.165, 1.54) is 24.3 Å². The van der Waals surface area contributed by atoms with Crippen molar-refractivity contribution in [3.8, 4) is 11.5 Å². The molecule has 0 aliphatic carbocycles. The molecule has 138 valence electrons. The molecule has 2 aromatic rings. The third-order valence-corrected chi connectivity index (χ3v) is 4.49. The van der Waals surface area contributed by atoms with Crippen molar-refractivity contribution in [2.24, 2.45) is 0 Å². The maximum Gasteiger partial charge on any atom is 0.253 e. The van der Waals surface area contributed by atoms with Crippen LogP contribution in [0.15, 0.2) is 48.5 Å². The zero-order valence-electron chi connectivity index (χ0n) is 14.9. The molecular weight excluding hydrogens is 335 g/mol. The van der Waals surface area contributed by atoms with Crippen LogP contribution >= 0.6 is 0 Å². The van der Waals surface area contributed by atoms with Gasteiger partial charge in [-0.05, 0) is 48.5 Å². The number of methoxy groups -OCH3 is 1. The molecule has 0 saturated carbocycles. The van der Waals surface area contributed by atoms with Crippen molar-refractivity contribution < 1.29 is 18.7 Å². The fourth-order valence-corrected chi connectivity index (χ4v) is 2.91. The number of ether oxygens (including phenoxy) is 2. The number of carbonyl (C=O) groups excluding carboxylic acids is 1. The van der Waals surface area contributed by atoms with Crippen LogP contribution in [0.1, 0.15) is 10.4 Å². The minimum absolute atomic E-state index is 0.0425. The normalized spacial score (nSPS) is 14.9. The van der Waals surface area contributed by atoms with E-state index in [1.807, 2.05) is 29.2 Å². The second kappa shape index (κ2) is 8.67. The van der Waals surface area contributed by atoms with Gasteiger partial charge >= 0.3 is 0 Å². The molecule has 0 radical (unpaired) electrons. The lowest BCUT2D eigenvalue weighted by atomic mass is 10.2. The number of hydrogen-bond acceptors (Lipinski definition) is 4. The third kappa shape index (κ3) is 4.73. The second-order valence-corrected chi connectivity index (χ2v) is 6.16. The molecule has 2 aromatic carbocycles. The van der Waals surface area contributed by atoms with Crippen molar-refractivity contribution >= 4 is 5.91 Å². The first kappa shape index (κ1) is 18.2. The maximum absolute atomic E-state index is 13.0. The zero-order chi connectivity index (χ0) is 18.4. The average molecular weight is 358 g/mol. The maximum atomic E-state index is 13.0. The number of rotatable bonds is 6. The number of amides is 1. The summed E-state index contributed by atoms with van der Waals surface area (Å²) in [7, 11) is 1.64. The van der Waals surface area contributed by atoms with Gasteiger partial charge in [-0.15, -0.1) is 0 Å². The Labute approximate surface area is 152 Å². The quantitative estimate of drug-likeness (QED) is 0.796. The lowest BCUT2D eigenvalue weighted by molar-refractivity contribution is 0.0620.